The normalized spacial score (nSPS) is 17.1. The number of anilines is 2. The van der Waals surface area contributed by atoms with Crippen molar-refractivity contribution in [1.82, 2.24) is 10.3 Å². The minimum Gasteiger partial charge on any atom is -0.384 e. The van der Waals surface area contributed by atoms with Crippen LogP contribution in [0.5, 0.6) is 0 Å². The molecule has 0 aliphatic carbocycles. The first-order valence-electron chi connectivity index (χ1n) is 4.99. The van der Waals surface area contributed by atoms with Gasteiger partial charge in [0.05, 0.1) is 18.4 Å². The molecule has 1 saturated heterocycles. The molecular formula is C10H14N4O. The summed E-state index contributed by atoms with van der Waals surface area (Å²) in [6.07, 6.45) is 2.66. The Bertz CT molecular complexity index is 349. The molecular weight excluding hydrogens is 192 g/mol. The van der Waals surface area contributed by atoms with E-state index in [-0.39, 0.29) is 5.91 Å². The standard InChI is InChI=1S/C10H14N4O/c11-9-3-2-8(6-13-9)14-5-1-4-12-10(15)7-14/h2-3,6H,1,4-5,7H2,(H2,11,13)(H,12,15). The van der Waals surface area contributed by atoms with Crippen molar-refractivity contribution in [3.05, 3.63) is 18.3 Å². The molecule has 1 aliphatic heterocycles. The van der Waals surface area contributed by atoms with E-state index < -0.39 is 0 Å². The lowest BCUT2D eigenvalue weighted by atomic mass is 10.3. The number of rotatable bonds is 1. The molecule has 1 fully saturated rings. The summed E-state index contributed by atoms with van der Waals surface area (Å²) < 4.78 is 0. The average molecular weight is 206 g/mol. The number of carbonyl (C=O) groups excluding carboxylic acids is 1. The van der Waals surface area contributed by atoms with Crippen molar-refractivity contribution in [2.24, 2.45) is 0 Å². The molecule has 1 aromatic heterocycles. The zero-order valence-electron chi connectivity index (χ0n) is 8.44. The van der Waals surface area contributed by atoms with Crippen molar-refractivity contribution < 1.29 is 4.79 Å². The van der Waals surface area contributed by atoms with Gasteiger partial charge in [0.1, 0.15) is 5.82 Å². The number of hydrogen-bond acceptors (Lipinski definition) is 4. The molecule has 2 heterocycles. The third-order valence-electron chi connectivity index (χ3n) is 2.40. The van der Waals surface area contributed by atoms with Crippen molar-refractivity contribution in [1.29, 1.82) is 0 Å². The largest absolute Gasteiger partial charge is 0.384 e. The van der Waals surface area contributed by atoms with Gasteiger partial charge in [-0.25, -0.2) is 4.98 Å². The number of nitrogens with two attached hydrogens (primary N) is 1. The third-order valence-corrected chi connectivity index (χ3v) is 2.40. The summed E-state index contributed by atoms with van der Waals surface area (Å²) in [5.74, 6) is 0.558. The van der Waals surface area contributed by atoms with Crippen molar-refractivity contribution in [2.75, 3.05) is 30.3 Å². The van der Waals surface area contributed by atoms with Gasteiger partial charge in [0.15, 0.2) is 0 Å². The molecule has 0 radical (unpaired) electrons. The number of nitrogens with zero attached hydrogens (tertiary/aromatic N) is 2. The van der Waals surface area contributed by atoms with E-state index in [0.717, 1.165) is 25.2 Å². The van der Waals surface area contributed by atoms with Crippen LogP contribution in [0.15, 0.2) is 18.3 Å². The number of nitrogens with one attached hydrogen (secondary N) is 1. The lowest BCUT2D eigenvalue weighted by Crippen LogP contribution is -2.33. The number of nitrogen functional groups attached to an aromatic ring is 1. The van der Waals surface area contributed by atoms with Crippen LogP contribution < -0.4 is 16.0 Å². The lowest BCUT2D eigenvalue weighted by Gasteiger charge is -2.20. The fourth-order valence-electron chi connectivity index (χ4n) is 1.61. The predicted octanol–water partition coefficient (Wildman–Crippen LogP) is -0.00990. The summed E-state index contributed by atoms with van der Waals surface area (Å²) >= 11 is 0. The fraction of sp³-hybridized carbons (Fsp3) is 0.400. The average Bonchev–Trinajstić information content (AvgIpc) is 2.44. The van der Waals surface area contributed by atoms with Crippen molar-refractivity contribution >= 4 is 17.4 Å². The topological polar surface area (TPSA) is 71.2 Å². The van der Waals surface area contributed by atoms with E-state index in [1.807, 2.05) is 11.0 Å². The SMILES string of the molecule is Nc1ccc(N2CCCNC(=O)C2)cn1. The molecule has 0 bridgehead atoms. The van der Waals surface area contributed by atoms with E-state index in [0.29, 0.717) is 12.4 Å². The second kappa shape index (κ2) is 4.16. The Balaban J connectivity index is 2.14. The van der Waals surface area contributed by atoms with Gasteiger partial charge >= 0.3 is 0 Å². The van der Waals surface area contributed by atoms with Crippen LogP contribution in [0.25, 0.3) is 0 Å². The predicted molar refractivity (Wildman–Crippen MR) is 58.5 cm³/mol. The molecule has 5 heteroatoms. The van der Waals surface area contributed by atoms with E-state index in [2.05, 4.69) is 10.3 Å². The Kier molecular flexibility index (Phi) is 2.71. The second-order valence-corrected chi connectivity index (χ2v) is 3.57. The van der Waals surface area contributed by atoms with Gasteiger partial charge in [0, 0.05) is 13.1 Å². The van der Waals surface area contributed by atoms with Crippen LogP contribution in [0.1, 0.15) is 6.42 Å². The Morgan fingerprint density at radius 1 is 1.47 bits per heavy atom. The maximum Gasteiger partial charge on any atom is 0.239 e. The molecule has 0 aromatic carbocycles. The summed E-state index contributed by atoms with van der Waals surface area (Å²) in [6, 6.07) is 3.64. The number of carbonyl (C=O) groups is 1. The molecule has 1 aliphatic rings. The highest BCUT2D eigenvalue weighted by Crippen LogP contribution is 2.14. The van der Waals surface area contributed by atoms with E-state index in [1.54, 1.807) is 12.3 Å². The molecule has 5 nitrogen and oxygen atoms in total. The molecule has 0 spiro atoms. The van der Waals surface area contributed by atoms with Crippen LogP contribution in [0.4, 0.5) is 11.5 Å². The molecule has 1 aromatic rings. The van der Waals surface area contributed by atoms with Crippen LogP contribution in [-0.2, 0) is 4.79 Å². The van der Waals surface area contributed by atoms with E-state index >= 15 is 0 Å². The maximum atomic E-state index is 11.3. The molecule has 0 unspecified atom stereocenters. The summed E-state index contributed by atoms with van der Waals surface area (Å²) in [4.78, 5) is 17.4. The van der Waals surface area contributed by atoms with Crippen molar-refractivity contribution in [2.45, 2.75) is 6.42 Å². The van der Waals surface area contributed by atoms with Gasteiger partial charge in [-0.1, -0.05) is 0 Å². The van der Waals surface area contributed by atoms with E-state index in [9.17, 15) is 4.79 Å². The number of pyridine rings is 1. The summed E-state index contributed by atoms with van der Waals surface area (Å²) in [6.45, 7) is 2.01. The monoisotopic (exact) mass is 206 g/mol. The maximum absolute atomic E-state index is 11.3. The Hall–Kier alpha value is -1.78. The highest BCUT2D eigenvalue weighted by Gasteiger charge is 2.14. The summed E-state index contributed by atoms with van der Waals surface area (Å²) in [5, 5.41) is 2.83. The third kappa shape index (κ3) is 2.37. The highest BCUT2D eigenvalue weighted by atomic mass is 16.2. The molecule has 3 N–H and O–H groups in total. The minimum atomic E-state index is 0.0596. The van der Waals surface area contributed by atoms with Crippen LogP contribution in [-0.4, -0.2) is 30.5 Å². The number of hydrogen-bond donors (Lipinski definition) is 2. The molecule has 1 amide bonds. The van der Waals surface area contributed by atoms with E-state index in [4.69, 9.17) is 5.73 Å². The molecule has 0 saturated carbocycles. The second-order valence-electron chi connectivity index (χ2n) is 3.57. The van der Waals surface area contributed by atoms with Crippen LogP contribution in [0.3, 0.4) is 0 Å². The van der Waals surface area contributed by atoms with Gasteiger partial charge in [0.25, 0.3) is 0 Å². The smallest absolute Gasteiger partial charge is 0.239 e. The van der Waals surface area contributed by atoms with Crippen molar-refractivity contribution in [3.8, 4) is 0 Å². The molecule has 0 atom stereocenters. The Morgan fingerprint density at radius 3 is 3.07 bits per heavy atom. The number of aromatic nitrogens is 1. The van der Waals surface area contributed by atoms with Gasteiger partial charge < -0.3 is 16.0 Å². The van der Waals surface area contributed by atoms with Gasteiger partial charge in [-0.3, -0.25) is 4.79 Å². The van der Waals surface area contributed by atoms with Gasteiger partial charge in [0.2, 0.25) is 5.91 Å². The minimum absolute atomic E-state index is 0.0596. The highest BCUT2D eigenvalue weighted by molar-refractivity contribution is 5.81. The van der Waals surface area contributed by atoms with Crippen LogP contribution >= 0.6 is 0 Å². The van der Waals surface area contributed by atoms with Crippen LogP contribution in [0, 0.1) is 0 Å². The first-order valence-corrected chi connectivity index (χ1v) is 4.99. The summed E-state index contributed by atoms with van der Waals surface area (Å²) in [7, 11) is 0. The Labute approximate surface area is 88.3 Å². The van der Waals surface area contributed by atoms with Gasteiger partial charge in [-0.15, -0.1) is 0 Å². The summed E-state index contributed by atoms with van der Waals surface area (Å²) in [5.41, 5.74) is 6.45. The van der Waals surface area contributed by atoms with Crippen molar-refractivity contribution in [3.63, 3.8) is 0 Å². The van der Waals surface area contributed by atoms with Gasteiger partial charge in [-0.05, 0) is 18.6 Å². The Morgan fingerprint density at radius 2 is 2.33 bits per heavy atom. The van der Waals surface area contributed by atoms with Gasteiger partial charge in [-0.2, -0.15) is 0 Å². The van der Waals surface area contributed by atoms with E-state index in [1.165, 1.54) is 0 Å². The lowest BCUT2D eigenvalue weighted by molar-refractivity contribution is -0.119. The zero-order chi connectivity index (χ0) is 10.7. The molecule has 80 valence electrons. The first-order chi connectivity index (χ1) is 7.25. The molecule has 2 rings (SSSR count). The fourth-order valence-corrected chi connectivity index (χ4v) is 1.61. The first kappa shape index (κ1) is 9.76. The zero-order valence-corrected chi connectivity index (χ0v) is 8.44. The van der Waals surface area contributed by atoms with Crippen LogP contribution in [0.2, 0.25) is 0 Å². The molecule has 15 heavy (non-hydrogen) atoms. The quantitative estimate of drug-likeness (QED) is 0.678. The number of amides is 1.